The molecule has 1 aromatic rings. The zero-order valence-electron chi connectivity index (χ0n) is 14.2. The Morgan fingerprint density at radius 3 is 2.62 bits per heavy atom. The van der Waals surface area contributed by atoms with Crippen LogP contribution in [0.4, 0.5) is 5.00 Å². The third kappa shape index (κ3) is 3.79. The van der Waals surface area contributed by atoms with E-state index in [-0.39, 0.29) is 6.61 Å². The van der Waals surface area contributed by atoms with Crippen LogP contribution in [0.5, 0.6) is 0 Å². The Kier molecular flexibility index (Phi) is 5.67. The Bertz CT molecular complexity index is 754. The summed E-state index contributed by atoms with van der Waals surface area (Å²) in [5.41, 5.74) is 1.11. The minimum absolute atomic E-state index is 0.241. The normalized spacial score (nSPS) is 18.6. The Balaban J connectivity index is 2.26. The molecule has 1 aliphatic rings. The highest BCUT2D eigenvalue weighted by atomic mass is 32.2. The van der Waals surface area contributed by atoms with Gasteiger partial charge in [-0.2, -0.15) is 4.31 Å². The van der Waals surface area contributed by atoms with Gasteiger partial charge in [-0.15, -0.1) is 11.3 Å². The van der Waals surface area contributed by atoms with E-state index in [1.807, 2.05) is 6.92 Å². The highest BCUT2D eigenvalue weighted by Gasteiger charge is 2.37. The molecule has 0 bridgehead atoms. The molecule has 1 aromatic heterocycles. The summed E-state index contributed by atoms with van der Waals surface area (Å²) in [6, 6.07) is -0.738. The van der Waals surface area contributed by atoms with Gasteiger partial charge >= 0.3 is 5.97 Å². The van der Waals surface area contributed by atoms with E-state index in [2.05, 4.69) is 5.32 Å². The number of esters is 1. The maximum absolute atomic E-state index is 12.6. The van der Waals surface area contributed by atoms with Crippen molar-refractivity contribution in [1.82, 2.24) is 4.31 Å². The van der Waals surface area contributed by atoms with Crippen LogP contribution in [0.1, 0.15) is 40.6 Å². The SMILES string of the molecule is CCOC(=O)c1c(NC(=O)C2CCCN2S(C)(=O)=O)sc(C)c1C. The molecule has 0 aromatic carbocycles. The van der Waals surface area contributed by atoms with Crippen molar-refractivity contribution in [2.45, 2.75) is 39.7 Å². The molecule has 1 fully saturated rings. The molecule has 7 nitrogen and oxygen atoms in total. The Morgan fingerprint density at radius 2 is 2.04 bits per heavy atom. The molecule has 2 heterocycles. The van der Waals surface area contributed by atoms with Gasteiger partial charge in [0.2, 0.25) is 15.9 Å². The predicted molar refractivity (Wildman–Crippen MR) is 93.0 cm³/mol. The summed E-state index contributed by atoms with van der Waals surface area (Å²) < 4.78 is 29.9. The van der Waals surface area contributed by atoms with Crippen molar-refractivity contribution >= 4 is 38.2 Å². The first-order valence-corrected chi connectivity index (χ1v) is 10.4. The molecule has 9 heteroatoms. The Hall–Kier alpha value is -1.45. The summed E-state index contributed by atoms with van der Waals surface area (Å²) in [4.78, 5) is 25.6. The third-order valence-corrected chi connectivity index (χ3v) is 6.45. The summed E-state index contributed by atoms with van der Waals surface area (Å²) in [5, 5.41) is 3.14. The van der Waals surface area contributed by atoms with Crippen LogP contribution in [-0.4, -0.2) is 50.0 Å². The Morgan fingerprint density at radius 1 is 1.38 bits per heavy atom. The maximum Gasteiger partial charge on any atom is 0.341 e. The number of hydrogen-bond acceptors (Lipinski definition) is 6. The summed E-state index contributed by atoms with van der Waals surface area (Å²) in [6.45, 7) is 5.95. The largest absolute Gasteiger partial charge is 0.462 e. The van der Waals surface area contributed by atoms with Crippen molar-refractivity contribution in [3.63, 3.8) is 0 Å². The molecule has 0 saturated carbocycles. The van der Waals surface area contributed by atoms with Gasteiger partial charge in [0.1, 0.15) is 11.0 Å². The molecule has 1 unspecified atom stereocenters. The van der Waals surface area contributed by atoms with E-state index in [0.29, 0.717) is 30.0 Å². The van der Waals surface area contributed by atoms with E-state index in [0.717, 1.165) is 16.7 Å². The monoisotopic (exact) mass is 374 g/mol. The predicted octanol–water partition coefficient (Wildman–Crippen LogP) is 1.90. The maximum atomic E-state index is 12.6. The molecule has 134 valence electrons. The number of ether oxygens (including phenoxy) is 1. The van der Waals surface area contributed by atoms with E-state index in [4.69, 9.17) is 4.74 Å². The number of rotatable bonds is 5. The molecule has 1 aliphatic heterocycles. The van der Waals surface area contributed by atoms with E-state index in [1.165, 1.54) is 15.6 Å². The van der Waals surface area contributed by atoms with E-state index >= 15 is 0 Å². The number of thiophene rings is 1. The first kappa shape index (κ1) is 18.9. The van der Waals surface area contributed by atoms with Gasteiger partial charge in [0.25, 0.3) is 0 Å². The molecule has 0 spiro atoms. The number of carbonyl (C=O) groups is 2. The number of sulfonamides is 1. The molecule has 0 radical (unpaired) electrons. The van der Waals surface area contributed by atoms with Crippen LogP contribution in [-0.2, 0) is 19.6 Å². The van der Waals surface area contributed by atoms with Gasteiger partial charge < -0.3 is 10.1 Å². The second-order valence-corrected chi connectivity index (χ2v) is 8.89. The van der Waals surface area contributed by atoms with E-state index < -0.39 is 27.9 Å². The fourth-order valence-corrected chi connectivity index (χ4v) is 4.93. The van der Waals surface area contributed by atoms with Crippen LogP contribution in [0.15, 0.2) is 0 Å². The van der Waals surface area contributed by atoms with Gasteiger partial charge in [0, 0.05) is 11.4 Å². The summed E-state index contributed by atoms with van der Waals surface area (Å²) in [5.74, 6) is -0.897. The van der Waals surface area contributed by atoms with Crippen LogP contribution in [0, 0.1) is 13.8 Å². The van der Waals surface area contributed by atoms with E-state index in [9.17, 15) is 18.0 Å². The summed E-state index contributed by atoms with van der Waals surface area (Å²) in [6.07, 6.45) is 2.21. The number of hydrogen-bond donors (Lipinski definition) is 1. The zero-order chi connectivity index (χ0) is 18.1. The lowest BCUT2D eigenvalue weighted by atomic mass is 10.1. The van der Waals surface area contributed by atoms with Crippen molar-refractivity contribution in [1.29, 1.82) is 0 Å². The number of aryl methyl sites for hydroxylation is 1. The van der Waals surface area contributed by atoms with Crippen LogP contribution in [0.25, 0.3) is 0 Å². The van der Waals surface area contributed by atoms with Crippen molar-refractivity contribution in [2.24, 2.45) is 0 Å². The second-order valence-electron chi connectivity index (χ2n) is 5.73. The highest BCUT2D eigenvalue weighted by Crippen LogP contribution is 2.34. The number of nitrogens with zero attached hydrogens (tertiary/aromatic N) is 1. The molecule has 1 atom stereocenters. The lowest BCUT2D eigenvalue weighted by molar-refractivity contribution is -0.119. The molecular weight excluding hydrogens is 352 g/mol. The number of carbonyl (C=O) groups excluding carboxylic acids is 2. The van der Waals surface area contributed by atoms with Gasteiger partial charge in [-0.25, -0.2) is 13.2 Å². The minimum Gasteiger partial charge on any atom is -0.462 e. The van der Waals surface area contributed by atoms with Gasteiger partial charge in [-0.1, -0.05) is 0 Å². The van der Waals surface area contributed by atoms with Gasteiger partial charge in [0.05, 0.1) is 18.4 Å². The molecule has 2 rings (SSSR count). The molecule has 0 aliphatic carbocycles. The van der Waals surface area contributed by atoms with Gasteiger partial charge in [-0.05, 0) is 39.2 Å². The van der Waals surface area contributed by atoms with E-state index in [1.54, 1.807) is 13.8 Å². The van der Waals surface area contributed by atoms with Crippen LogP contribution in [0.2, 0.25) is 0 Å². The van der Waals surface area contributed by atoms with Gasteiger partial charge in [-0.3, -0.25) is 4.79 Å². The van der Waals surface area contributed by atoms with Crippen molar-refractivity contribution in [3.8, 4) is 0 Å². The second kappa shape index (κ2) is 7.20. The summed E-state index contributed by atoms with van der Waals surface area (Å²) >= 11 is 1.29. The number of amides is 1. The number of anilines is 1. The van der Waals surface area contributed by atoms with Crippen molar-refractivity contribution in [3.05, 3.63) is 16.0 Å². The van der Waals surface area contributed by atoms with Crippen molar-refractivity contribution < 1.29 is 22.7 Å². The minimum atomic E-state index is -3.44. The quantitative estimate of drug-likeness (QED) is 0.795. The smallest absolute Gasteiger partial charge is 0.341 e. The first-order valence-electron chi connectivity index (χ1n) is 7.71. The summed E-state index contributed by atoms with van der Waals surface area (Å²) in [7, 11) is -3.44. The van der Waals surface area contributed by atoms with Crippen LogP contribution < -0.4 is 5.32 Å². The number of nitrogens with one attached hydrogen (secondary N) is 1. The average Bonchev–Trinajstić information content (AvgIpc) is 3.05. The molecule has 1 amide bonds. The lowest BCUT2D eigenvalue weighted by Gasteiger charge is -2.21. The molecular formula is C15H22N2O5S2. The topological polar surface area (TPSA) is 92.8 Å². The molecule has 24 heavy (non-hydrogen) atoms. The average molecular weight is 374 g/mol. The highest BCUT2D eigenvalue weighted by molar-refractivity contribution is 7.88. The van der Waals surface area contributed by atoms with Crippen LogP contribution in [0.3, 0.4) is 0 Å². The Labute approximate surface area is 146 Å². The molecule has 1 N–H and O–H groups in total. The zero-order valence-corrected chi connectivity index (χ0v) is 15.8. The third-order valence-electron chi connectivity index (χ3n) is 4.03. The lowest BCUT2D eigenvalue weighted by Crippen LogP contribution is -2.42. The molecule has 1 saturated heterocycles. The standard InChI is InChI=1S/C15H22N2O5S2/c1-5-22-15(19)12-9(2)10(3)23-14(12)16-13(18)11-7-6-8-17(11)24(4,20)21/h11H,5-8H2,1-4H3,(H,16,18). The van der Waals surface area contributed by atoms with Crippen molar-refractivity contribution in [2.75, 3.05) is 24.7 Å². The fourth-order valence-electron chi connectivity index (χ4n) is 2.76. The van der Waals surface area contributed by atoms with Gasteiger partial charge in [0.15, 0.2) is 0 Å². The van der Waals surface area contributed by atoms with Crippen LogP contribution >= 0.6 is 11.3 Å². The first-order chi connectivity index (χ1) is 11.2. The fraction of sp³-hybridized carbons (Fsp3) is 0.600.